The SMILES string of the molecule is CNc1c(C)c(OC2CN(C)C2)nn1-c1ccccc1. The van der Waals surface area contributed by atoms with E-state index in [4.69, 9.17) is 4.74 Å². The summed E-state index contributed by atoms with van der Waals surface area (Å²) in [6.45, 7) is 3.97. The second-order valence-corrected chi connectivity index (χ2v) is 5.24. The molecule has 0 bridgehead atoms. The van der Waals surface area contributed by atoms with E-state index in [0.717, 1.165) is 36.0 Å². The van der Waals surface area contributed by atoms with Crippen LogP contribution in [0.2, 0.25) is 0 Å². The molecule has 0 atom stereocenters. The lowest BCUT2D eigenvalue weighted by Crippen LogP contribution is -2.51. The van der Waals surface area contributed by atoms with Gasteiger partial charge in [-0.2, -0.15) is 0 Å². The molecule has 0 amide bonds. The quantitative estimate of drug-likeness (QED) is 0.923. The van der Waals surface area contributed by atoms with Crippen molar-refractivity contribution in [2.75, 3.05) is 32.5 Å². The number of ether oxygens (including phenoxy) is 1. The first kappa shape index (κ1) is 13.0. The van der Waals surface area contributed by atoms with Gasteiger partial charge in [-0.1, -0.05) is 18.2 Å². The third-order valence-corrected chi connectivity index (χ3v) is 3.63. The van der Waals surface area contributed by atoms with E-state index >= 15 is 0 Å². The van der Waals surface area contributed by atoms with Gasteiger partial charge in [0.1, 0.15) is 11.9 Å². The van der Waals surface area contributed by atoms with Crippen molar-refractivity contribution in [3.8, 4) is 11.6 Å². The zero-order chi connectivity index (χ0) is 14.1. The monoisotopic (exact) mass is 272 g/mol. The molecule has 106 valence electrons. The largest absolute Gasteiger partial charge is 0.470 e. The van der Waals surface area contributed by atoms with Gasteiger partial charge in [-0.25, -0.2) is 4.68 Å². The van der Waals surface area contributed by atoms with Crippen LogP contribution in [0.4, 0.5) is 5.82 Å². The summed E-state index contributed by atoms with van der Waals surface area (Å²) in [6, 6.07) is 10.1. The van der Waals surface area contributed by atoms with E-state index < -0.39 is 0 Å². The highest BCUT2D eigenvalue weighted by atomic mass is 16.5. The van der Waals surface area contributed by atoms with Gasteiger partial charge in [-0.15, -0.1) is 5.10 Å². The van der Waals surface area contributed by atoms with Gasteiger partial charge in [0.25, 0.3) is 0 Å². The molecule has 5 heteroatoms. The average Bonchev–Trinajstić information content (AvgIpc) is 2.75. The van der Waals surface area contributed by atoms with Gasteiger partial charge in [-0.3, -0.25) is 4.90 Å². The summed E-state index contributed by atoms with van der Waals surface area (Å²) in [4.78, 5) is 2.23. The Morgan fingerprint density at radius 1 is 1.25 bits per heavy atom. The molecule has 0 radical (unpaired) electrons. The lowest BCUT2D eigenvalue weighted by atomic mass is 10.2. The maximum Gasteiger partial charge on any atom is 0.238 e. The van der Waals surface area contributed by atoms with E-state index in [1.165, 1.54) is 0 Å². The van der Waals surface area contributed by atoms with Crippen molar-refractivity contribution in [1.82, 2.24) is 14.7 Å². The minimum absolute atomic E-state index is 0.252. The van der Waals surface area contributed by atoms with Gasteiger partial charge >= 0.3 is 0 Å². The Kier molecular flexibility index (Phi) is 3.36. The Morgan fingerprint density at radius 3 is 2.55 bits per heavy atom. The van der Waals surface area contributed by atoms with Crippen molar-refractivity contribution >= 4 is 5.82 Å². The maximum atomic E-state index is 5.98. The van der Waals surface area contributed by atoms with E-state index in [1.54, 1.807) is 0 Å². The Hall–Kier alpha value is -2.01. The van der Waals surface area contributed by atoms with Crippen molar-refractivity contribution in [2.45, 2.75) is 13.0 Å². The Balaban J connectivity index is 1.91. The number of para-hydroxylation sites is 1. The Morgan fingerprint density at radius 2 is 1.95 bits per heavy atom. The molecule has 20 heavy (non-hydrogen) atoms. The van der Waals surface area contributed by atoms with E-state index in [2.05, 4.69) is 22.4 Å². The van der Waals surface area contributed by atoms with Crippen molar-refractivity contribution in [2.24, 2.45) is 0 Å². The molecular formula is C15H20N4O. The van der Waals surface area contributed by atoms with Crippen molar-refractivity contribution in [1.29, 1.82) is 0 Å². The number of nitrogens with one attached hydrogen (secondary N) is 1. The number of likely N-dealkylation sites (tertiary alicyclic amines) is 1. The number of likely N-dealkylation sites (N-methyl/N-ethyl adjacent to an activating group) is 1. The van der Waals surface area contributed by atoms with Crippen molar-refractivity contribution in [3.05, 3.63) is 35.9 Å². The smallest absolute Gasteiger partial charge is 0.238 e. The third kappa shape index (κ3) is 2.25. The predicted octanol–water partition coefficient (Wildman–Crippen LogP) is 1.92. The molecule has 0 aliphatic carbocycles. The van der Waals surface area contributed by atoms with Crippen LogP contribution in [0.15, 0.2) is 30.3 Å². The Labute approximate surface area is 119 Å². The molecule has 1 fully saturated rings. The summed E-state index contributed by atoms with van der Waals surface area (Å²) in [6.07, 6.45) is 0.252. The van der Waals surface area contributed by atoms with Crippen LogP contribution in [-0.4, -0.2) is 48.0 Å². The molecule has 0 unspecified atom stereocenters. The highest BCUT2D eigenvalue weighted by molar-refractivity contribution is 5.54. The minimum Gasteiger partial charge on any atom is -0.470 e. The summed E-state index contributed by atoms with van der Waals surface area (Å²) in [5.41, 5.74) is 2.08. The minimum atomic E-state index is 0.252. The van der Waals surface area contributed by atoms with Crippen LogP contribution in [0.1, 0.15) is 5.56 Å². The molecule has 0 spiro atoms. The fourth-order valence-electron chi connectivity index (χ4n) is 2.51. The second kappa shape index (κ2) is 5.17. The van der Waals surface area contributed by atoms with E-state index in [-0.39, 0.29) is 6.10 Å². The van der Waals surface area contributed by atoms with Crippen LogP contribution < -0.4 is 10.1 Å². The lowest BCUT2D eigenvalue weighted by Gasteiger charge is -2.35. The van der Waals surface area contributed by atoms with Gasteiger partial charge < -0.3 is 10.1 Å². The number of hydrogen-bond acceptors (Lipinski definition) is 4. The molecule has 3 rings (SSSR count). The summed E-state index contributed by atoms with van der Waals surface area (Å²) < 4.78 is 7.88. The zero-order valence-electron chi connectivity index (χ0n) is 12.1. The molecule has 2 heterocycles. The van der Waals surface area contributed by atoms with Crippen LogP contribution >= 0.6 is 0 Å². The second-order valence-electron chi connectivity index (χ2n) is 5.24. The van der Waals surface area contributed by atoms with Gasteiger partial charge in [0.05, 0.1) is 11.3 Å². The zero-order valence-corrected chi connectivity index (χ0v) is 12.1. The first-order valence-corrected chi connectivity index (χ1v) is 6.87. The van der Waals surface area contributed by atoms with Crippen molar-refractivity contribution in [3.63, 3.8) is 0 Å². The number of rotatable bonds is 4. The van der Waals surface area contributed by atoms with Crippen LogP contribution in [0, 0.1) is 6.92 Å². The fourth-order valence-corrected chi connectivity index (χ4v) is 2.51. The summed E-state index contributed by atoms with van der Waals surface area (Å²) in [5, 5.41) is 7.82. The summed E-state index contributed by atoms with van der Waals surface area (Å²) >= 11 is 0. The number of aromatic nitrogens is 2. The lowest BCUT2D eigenvalue weighted by molar-refractivity contribution is 0.0348. The number of benzene rings is 1. The van der Waals surface area contributed by atoms with Crippen LogP contribution in [-0.2, 0) is 0 Å². The van der Waals surface area contributed by atoms with Gasteiger partial charge in [0.2, 0.25) is 5.88 Å². The Bertz CT molecular complexity index is 587. The predicted molar refractivity (Wildman–Crippen MR) is 79.8 cm³/mol. The third-order valence-electron chi connectivity index (χ3n) is 3.63. The first-order valence-electron chi connectivity index (χ1n) is 6.87. The molecule has 0 saturated carbocycles. The highest BCUT2D eigenvalue weighted by Gasteiger charge is 2.27. The molecule has 2 aromatic rings. The van der Waals surface area contributed by atoms with Crippen LogP contribution in [0.25, 0.3) is 5.69 Å². The average molecular weight is 272 g/mol. The number of anilines is 1. The molecule has 1 aromatic heterocycles. The molecule has 1 aromatic carbocycles. The first-order chi connectivity index (χ1) is 9.69. The summed E-state index contributed by atoms with van der Waals surface area (Å²) in [5.74, 6) is 1.69. The van der Waals surface area contributed by atoms with E-state index in [0.29, 0.717) is 0 Å². The normalized spacial score (nSPS) is 15.9. The van der Waals surface area contributed by atoms with E-state index in [9.17, 15) is 0 Å². The molecule has 1 N–H and O–H groups in total. The molecule has 5 nitrogen and oxygen atoms in total. The standard InChI is InChI=1S/C15H20N4O/c1-11-14(16-2)19(12-7-5-4-6-8-12)17-15(11)20-13-9-18(3)10-13/h4-8,13,16H,9-10H2,1-3H3. The summed E-state index contributed by atoms with van der Waals surface area (Å²) in [7, 11) is 4.00. The van der Waals surface area contributed by atoms with E-state index in [1.807, 2.05) is 49.0 Å². The van der Waals surface area contributed by atoms with Gasteiger partial charge in [-0.05, 0) is 26.1 Å². The topological polar surface area (TPSA) is 42.3 Å². The van der Waals surface area contributed by atoms with Crippen molar-refractivity contribution < 1.29 is 4.74 Å². The van der Waals surface area contributed by atoms with Crippen LogP contribution in [0.3, 0.4) is 0 Å². The van der Waals surface area contributed by atoms with Gasteiger partial charge in [0, 0.05) is 20.1 Å². The molecule has 1 saturated heterocycles. The molecular weight excluding hydrogens is 252 g/mol. The van der Waals surface area contributed by atoms with Gasteiger partial charge in [0.15, 0.2) is 0 Å². The number of nitrogens with zero attached hydrogens (tertiary/aromatic N) is 3. The highest BCUT2D eigenvalue weighted by Crippen LogP contribution is 2.29. The maximum absolute atomic E-state index is 5.98. The fraction of sp³-hybridized carbons (Fsp3) is 0.400. The van der Waals surface area contributed by atoms with Crippen LogP contribution in [0.5, 0.6) is 5.88 Å². The number of hydrogen-bond donors (Lipinski definition) is 1. The molecule has 1 aliphatic rings. The molecule has 1 aliphatic heterocycles.